The van der Waals surface area contributed by atoms with Crippen LogP contribution in [0.1, 0.15) is 18.7 Å². The Kier molecular flexibility index (Phi) is 4.17. The summed E-state index contributed by atoms with van der Waals surface area (Å²) >= 11 is 6.07. The lowest BCUT2D eigenvalue weighted by Crippen LogP contribution is -2.33. The molecule has 0 bridgehead atoms. The molecular weight excluding hydrogens is 294 g/mol. The molecule has 1 unspecified atom stereocenters. The number of benzene rings is 1. The highest BCUT2D eigenvalue weighted by Gasteiger charge is 2.23. The van der Waals surface area contributed by atoms with Gasteiger partial charge >= 0.3 is 0 Å². The number of aromatic nitrogens is 2. The molecule has 1 aliphatic heterocycles. The zero-order chi connectivity index (χ0) is 14.7. The molecule has 1 aromatic carbocycles. The number of rotatable bonds is 4. The molecule has 6 nitrogen and oxygen atoms in total. The fraction of sp³-hybridized carbons (Fsp3) is 0.357. The second-order valence-electron chi connectivity index (χ2n) is 4.70. The maximum absolute atomic E-state index is 11.8. The third kappa shape index (κ3) is 3.22. The minimum atomic E-state index is -0.365. The Morgan fingerprint density at radius 2 is 2.24 bits per heavy atom. The van der Waals surface area contributed by atoms with Crippen LogP contribution in [0.3, 0.4) is 0 Å². The van der Waals surface area contributed by atoms with Gasteiger partial charge in [0.05, 0.1) is 17.1 Å². The quantitative estimate of drug-likeness (QED) is 0.937. The summed E-state index contributed by atoms with van der Waals surface area (Å²) in [5, 5.41) is 11.1. The van der Waals surface area contributed by atoms with Gasteiger partial charge in [0.2, 0.25) is 17.7 Å². The standard InChI is InChI=1S/C14H14ClN3O3/c15-10-5-2-1-4-9(10)14-18-17-12(21-14)8-16-13(19)11-6-3-7-20-11/h1-2,4-5,11H,3,6-8H2,(H,16,19). The first-order valence-corrected chi connectivity index (χ1v) is 7.08. The highest BCUT2D eigenvalue weighted by molar-refractivity contribution is 6.33. The first-order chi connectivity index (χ1) is 10.2. The topological polar surface area (TPSA) is 77.3 Å². The summed E-state index contributed by atoms with van der Waals surface area (Å²) in [5.41, 5.74) is 0.670. The van der Waals surface area contributed by atoms with Crippen molar-refractivity contribution in [2.24, 2.45) is 0 Å². The van der Waals surface area contributed by atoms with Crippen LogP contribution in [-0.2, 0) is 16.1 Å². The predicted octanol–water partition coefficient (Wildman–Crippen LogP) is 2.19. The molecule has 2 aromatic rings. The third-order valence-electron chi connectivity index (χ3n) is 3.21. The molecular formula is C14H14ClN3O3. The van der Waals surface area contributed by atoms with Crippen LogP contribution in [0.25, 0.3) is 11.5 Å². The van der Waals surface area contributed by atoms with E-state index in [-0.39, 0.29) is 18.6 Å². The van der Waals surface area contributed by atoms with E-state index in [1.54, 1.807) is 12.1 Å². The monoisotopic (exact) mass is 307 g/mol. The summed E-state index contributed by atoms with van der Waals surface area (Å²) in [6.07, 6.45) is 1.30. The van der Waals surface area contributed by atoms with Crippen LogP contribution < -0.4 is 5.32 Å². The van der Waals surface area contributed by atoms with Crippen molar-refractivity contribution >= 4 is 17.5 Å². The maximum atomic E-state index is 11.8. The van der Waals surface area contributed by atoms with Crippen LogP contribution in [0, 0.1) is 0 Å². The maximum Gasteiger partial charge on any atom is 0.249 e. The Bertz CT molecular complexity index is 638. The molecule has 7 heteroatoms. The number of nitrogens with zero attached hydrogens (tertiary/aromatic N) is 2. The van der Waals surface area contributed by atoms with E-state index in [0.29, 0.717) is 29.0 Å². The van der Waals surface area contributed by atoms with Gasteiger partial charge in [-0.25, -0.2) is 0 Å². The number of carbonyl (C=O) groups is 1. The van der Waals surface area contributed by atoms with Gasteiger partial charge in [-0.1, -0.05) is 23.7 Å². The smallest absolute Gasteiger partial charge is 0.249 e. The zero-order valence-corrected chi connectivity index (χ0v) is 12.0. The number of nitrogens with one attached hydrogen (secondary N) is 1. The summed E-state index contributed by atoms with van der Waals surface area (Å²) in [6.45, 7) is 0.811. The van der Waals surface area contributed by atoms with Crippen molar-refractivity contribution in [2.45, 2.75) is 25.5 Å². The summed E-state index contributed by atoms with van der Waals surface area (Å²) in [7, 11) is 0. The third-order valence-corrected chi connectivity index (χ3v) is 3.54. The normalized spacial score (nSPS) is 17.9. The number of halogens is 1. The molecule has 0 radical (unpaired) electrons. The molecule has 1 aromatic heterocycles. The van der Waals surface area contributed by atoms with Crippen LogP contribution in [0.2, 0.25) is 5.02 Å². The Hall–Kier alpha value is -1.92. The van der Waals surface area contributed by atoms with Gasteiger partial charge in [-0.05, 0) is 25.0 Å². The molecule has 110 valence electrons. The second kappa shape index (κ2) is 6.24. The molecule has 1 amide bonds. The van der Waals surface area contributed by atoms with Gasteiger partial charge in [-0.3, -0.25) is 4.79 Å². The van der Waals surface area contributed by atoms with Crippen LogP contribution in [0.5, 0.6) is 0 Å². The van der Waals surface area contributed by atoms with E-state index in [1.165, 1.54) is 0 Å². The molecule has 3 rings (SSSR count). The van der Waals surface area contributed by atoms with Crippen molar-refractivity contribution < 1.29 is 13.9 Å². The SMILES string of the molecule is O=C(NCc1nnc(-c2ccccc2Cl)o1)C1CCCO1. The second-order valence-corrected chi connectivity index (χ2v) is 5.11. The molecule has 1 saturated heterocycles. The van der Waals surface area contributed by atoms with Crippen LogP contribution in [-0.4, -0.2) is 28.8 Å². The van der Waals surface area contributed by atoms with Crippen LogP contribution in [0.15, 0.2) is 28.7 Å². The fourth-order valence-corrected chi connectivity index (χ4v) is 2.35. The number of ether oxygens (including phenoxy) is 1. The van der Waals surface area contributed by atoms with Gasteiger partial charge in [0.25, 0.3) is 0 Å². The average molecular weight is 308 g/mol. The Morgan fingerprint density at radius 1 is 1.38 bits per heavy atom. The van der Waals surface area contributed by atoms with Crippen molar-refractivity contribution in [1.29, 1.82) is 0 Å². The highest BCUT2D eigenvalue weighted by atomic mass is 35.5. The van der Waals surface area contributed by atoms with Crippen molar-refractivity contribution in [2.75, 3.05) is 6.61 Å². The Balaban J connectivity index is 1.63. The lowest BCUT2D eigenvalue weighted by Gasteiger charge is -2.08. The summed E-state index contributed by atoms with van der Waals surface area (Å²) < 4.78 is 10.8. The molecule has 0 saturated carbocycles. The molecule has 1 atom stereocenters. The first-order valence-electron chi connectivity index (χ1n) is 6.70. The minimum absolute atomic E-state index is 0.148. The highest BCUT2D eigenvalue weighted by Crippen LogP contribution is 2.26. The largest absolute Gasteiger partial charge is 0.419 e. The van der Waals surface area contributed by atoms with Gasteiger partial charge in [-0.2, -0.15) is 0 Å². The molecule has 2 heterocycles. The van der Waals surface area contributed by atoms with E-state index in [9.17, 15) is 4.79 Å². The van der Waals surface area contributed by atoms with Crippen molar-refractivity contribution in [3.8, 4) is 11.5 Å². The van der Waals surface area contributed by atoms with Gasteiger partial charge < -0.3 is 14.5 Å². The summed E-state index contributed by atoms with van der Waals surface area (Å²) in [6, 6.07) is 7.21. The molecule has 21 heavy (non-hydrogen) atoms. The van der Waals surface area contributed by atoms with E-state index < -0.39 is 0 Å². The number of hydrogen-bond acceptors (Lipinski definition) is 5. The van der Waals surface area contributed by atoms with Crippen molar-refractivity contribution in [3.63, 3.8) is 0 Å². The van der Waals surface area contributed by atoms with Crippen molar-refractivity contribution in [1.82, 2.24) is 15.5 Å². The molecule has 1 aliphatic rings. The van der Waals surface area contributed by atoms with E-state index >= 15 is 0 Å². The molecule has 1 N–H and O–H groups in total. The van der Waals surface area contributed by atoms with Gasteiger partial charge in [0.1, 0.15) is 6.10 Å². The number of amides is 1. The Morgan fingerprint density at radius 3 is 3.00 bits per heavy atom. The summed E-state index contributed by atoms with van der Waals surface area (Å²) in [4.78, 5) is 11.8. The minimum Gasteiger partial charge on any atom is -0.419 e. The van der Waals surface area contributed by atoms with Crippen LogP contribution >= 0.6 is 11.6 Å². The number of hydrogen-bond donors (Lipinski definition) is 1. The van der Waals surface area contributed by atoms with Crippen molar-refractivity contribution in [3.05, 3.63) is 35.2 Å². The van der Waals surface area contributed by atoms with Crippen LogP contribution in [0.4, 0.5) is 0 Å². The zero-order valence-electron chi connectivity index (χ0n) is 11.2. The Labute approximate surface area is 126 Å². The van der Waals surface area contributed by atoms with E-state index in [2.05, 4.69) is 15.5 Å². The van der Waals surface area contributed by atoms with E-state index in [4.69, 9.17) is 20.8 Å². The number of carbonyl (C=O) groups excluding carboxylic acids is 1. The summed E-state index contributed by atoms with van der Waals surface area (Å²) in [5.74, 6) is 0.517. The van der Waals surface area contributed by atoms with Gasteiger partial charge in [-0.15, -0.1) is 10.2 Å². The molecule has 1 fully saturated rings. The van der Waals surface area contributed by atoms with Gasteiger partial charge in [0.15, 0.2) is 0 Å². The predicted molar refractivity (Wildman–Crippen MR) is 75.6 cm³/mol. The average Bonchev–Trinajstić information content (AvgIpc) is 3.17. The van der Waals surface area contributed by atoms with Gasteiger partial charge in [0, 0.05) is 6.61 Å². The van der Waals surface area contributed by atoms with E-state index in [1.807, 2.05) is 12.1 Å². The lowest BCUT2D eigenvalue weighted by molar-refractivity contribution is -0.130. The lowest BCUT2D eigenvalue weighted by atomic mass is 10.2. The first kappa shape index (κ1) is 14.0. The molecule has 0 aliphatic carbocycles. The van der Waals surface area contributed by atoms with E-state index in [0.717, 1.165) is 12.8 Å². The fourth-order valence-electron chi connectivity index (χ4n) is 2.13. The molecule has 0 spiro atoms.